The Balaban J connectivity index is 1.99. The fourth-order valence-electron chi connectivity index (χ4n) is 2.65. The number of hydrogen-bond donors (Lipinski definition) is 1. The molecule has 1 fully saturated rings. The van der Waals surface area contributed by atoms with Crippen LogP contribution in [0.15, 0.2) is 24.3 Å². The second-order valence-corrected chi connectivity index (χ2v) is 5.19. The average molecular weight is 291 g/mol. The Morgan fingerprint density at radius 2 is 2.10 bits per heavy atom. The number of para-hydroxylation sites is 1. The minimum absolute atomic E-state index is 0.110. The zero-order valence-electron chi connectivity index (χ0n) is 12.2. The van der Waals surface area contributed by atoms with Crippen LogP contribution in [0.1, 0.15) is 31.7 Å². The van der Waals surface area contributed by atoms with Gasteiger partial charge >= 0.3 is 5.97 Å². The third-order valence-corrected chi connectivity index (χ3v) is 3.81. The predicted molar refractivity (Wildman–Crippen MR) is 78.3 cm³/mol. The van der Waals surface area contributed by atoms with E-state index in [1.165, 1.54) is 4.90 Å². The largest absolute Gasteiger partial charge is 0.483 e. The predicted octanol–water partition coefficient (Wildman–Crippen LogP) is 2.09. The van der Waals surface area contributed by atoms with Crippen LogP contribution in [0.5, 0.6) is 5.75 Å². The van der Waals surface area contributed by atoms with E-state index in [1.807, 2.05) is 31.2 Å². The normalized spacial score (nSPS) is 18.3. The third-order valence-electron chi connectivity index (χ3n) is 3.81. The molecule has 21 heavy (non-hydrogen) atoms. The molecule has 5 heteroatoms. The van der Waals surface area contributed by atoms with Gasteiger partial charge in [0.15, 0.2) is 6.61 Å². The van der Waals surface area contributed by atoms with Crippen LogP contribution in [0.4, 0.5) is 0 Å². The smallest absolute Gasteiger partial charge is 0.326 e. The van der Waals surface area contributed by atoms with Crippen LogP contribution in [0.2, 0.25) is 0 Å². The third kappa shape index (κ3) is 3.74. The molecular formula is C16H21NO4. The number of carbonyl (C=O) groups is 2. The molecule has 0 aliphatic carbocycles. The zero-order valence-corrected chi connectivity index (χ0v) is 12.2. The lowest BCUT2D eigenvalue weighted by Crippen LogP contribution is -2.49. The summed E-state index contributed by atoms with van der Waals surface area (Å²) in [6, 6.07) is 6.87. The molecule has 1 saturated heterocycles. The molecule has 1 aliphatic rings. The molecule has 0 bridgehead atoms. The maximum absolute atomic E-state index is 12.2. The zero-order chi connectivity index (χ0) is 15.2. The quantitative estimate of drug-likeness (QED) is 0.902. The number of hydrogen-bond acceptors (Lipinski definition) is 3. The van der Waals surface area contributed by atoms with Crippen LogP contribution in [0.25, 0.3) is 0 Å². The molecule has 0 saturated carbocycles. The number of nitrogens with zero attached hydrogens (tertiary/aromatic N) is 1. The van der Waals surface area contributed by atoms with Gasteiger partial charge in [0.25, 0.3) is 5.91 Å². The molecule has 1 N–H and O–H groups in total. The van der Waals surface area contributed by atoms with Gasteiger partial charge < -0.3 is 14.7 Å². The summed E-state index contributed by atoms with van der Waals surface area (Å²) in [4.78, 5) is 24.9. The number of aryl methyl sites for hydroxylation is 1. The number of ether oxygens (including phenoxy) is 1. The number of carboxylic acid groups (broad SMARTS) is 1. The fourth-order valence-corrected chi connectivity index (χ4v) is 2.65. The molecule has 1 aromatic rings. The van der Waals surface area contributed by atoms with Gasteiger partial charge in [-0.2, -0.15) is 0 Å². The van der Waals surface area contributed by atoms with Gasteiger partial charge in [0.1, 0.15) is 11.8 Å². The second-order valence-electron chi connectivity index (χ2n) is 5.19. The number of benzene rings is 1. The highest BCUT2D eigenvalue weighted by Crippen LogP contribution is 2.20. The summed E-state index contributed by atoms with van der Waals surface area (Å²) in [5, 5.41) is 9.19. The van der Waals surface area contributed by atoms with E-state index < -0.39 is 12.0 Å². The van der Waals surface area contributed by atoms with E-state index in [2.05, 4.69) is 0 Å². The summed E-state index contributed by atoms with van der Waals surface area (Å²) in [6.45, 7) is 2.41. The first kappa shape index (κ1) is 15.4. The molecule has 0 spiro atoms. The summed E-state index contributed by atoms with van der Waals surface area (Å²) < 4.78 is 5.59. The fraction of sp³-hybridized carbons (Fsp3) is 0.500. The summed E-state index contributed by atoms with van der Waals surface area (Å²) >= 11 is 0. The van der Waals surface area contributed by atoms with Crippen molar-refractivity contribution in [3.05, 3.63) is 29.8 Å². The van der Waals surface area contributed by atoms with Crippen LogP contribution in [-0.2, 0) is 16.0 Å². The minimum atomic E-state index is -0.933. The minimum Gasteiger partial charge on any atom is -0.483 e. The van der Waals surface area contributed by atoms with Gasteiger partial charge in [0, 0.05) is 6.54 Å². The summed E-state index contributed by atoms with van der Waals surface area (Å²) in [7, 11) is 0. The Bertz CT molecular complexity index is 515. The van der Waals surface area contributed by atoms with E-state index in [1.54, 1.807) is 0 Å². The standard InChI is InChI=1S/C16H21NO4/c1-2-12-7-3-4-9-14(12)21-11-15(18)17-10-6-5-8-13(17)16(19)20/h3-4,7,9,13H,2,5-6,8,10-11H2,1H3,(H,19,20). The van der Waals surface area contributed by atoms with Gasteiger partial charge in [-0.3, -0.25) is 4.79 Å². The van der Waals surface area contributed by atoms with Crippen molar-refractivity contribution in [1.29, 1.82) is 0 Å². The summed E-state index contributed by atoms with van der Waals surface area (Å²) in [6.07, 6.45) is 3.04. The van der Waals surface area contributed by atoms with E-state index in [9.17, 15) is 14.7 Å². The first-order valence-corrected chi connectivity index (χ1v) is 7.36. The summed E-state index contributed by atoms with van der Waals surface area (Å²) in [5.41, 5.74) is 1.04. The molecule has 1 unspecified atom stereocenters. The maximum Gasteiger partial charge on any atom is 0.326 e. The molecular weight excluding hydrogens is 270 g/mol. The highest BCUT2D eigenvalue weighted by molar-refractivity contribution is 5.84. The first-order chi connectivity index (χ1) is 10.1. The van der Waals surface area contributed by atoms with E-state index in [0.29, 0.717) is 18.7 Å². The highest BCUT2D eigenvalue weighted by atomic mass is 16.5. The van der Waals surface area contributed by atoms with Gasteiger partial charge in [0.05, 0.1) is 0 Å². The molecule has 0 aromatic heterocycles. The summed E-state index contributed by atoms with van der Waals surface area (Å²) in [5.74, 6) is -0.498. The number of amides is 1. The highest BCUT2D eigenvalue weighted by Gasteiger charge is 2.31. The number of carbonyl (C=O) groups excluding carboxylic acids is 1. The van der Waals surface area contributed by atoms with Gasteiger partial charge in [-0.15, -0.1) is 0 Å². The van der Waals surface area contributed by atoms with Crippen LogP contribution in [-0.4, -0.2) is 41.1 Å². The van der Waals surface area contributed by atoms with Gasteiger partial charge in [-0.25, -0.2) is 4.79 Å². The Morgan fingerprint density at radius 1 is 1.33 bits per heavy atom. The van der Waals surface area contributed by atoms with Crippen molar-refractivity contribution >= 4 is 11.9 Å². The lowest BCUT2D eigenvalue weighted by Gasteiger charge is -2.32. The number of carboxylic acids is 1. The van der Waals surface area contributed by atoms with Crippen molar-refractivity contribution < 1.29 is 19.4 Å². The Labute approximate surface area is 124 Å². The molecule has 2 rings (SSSR count). The Hall–Kier alpha value is -2.04. The van der Waals surface area contributed by atoms with E-state index >= 15 is 0 Å². The van der Waals surface area contributed by atoms with Crippen LogP contribution in [0.3, 0.4) is 0 Å². The van der Waals surface area contributed by atoms with Crippen molar-refractivity contribution in [1.82, 2.24) is 4.90 Å². The maximum atomic E-state index is 12.2. The lowest BCUT2D eigenvalue weighted by atomic mass is 10.0. The number of aliphatic carboxylic acids is 1. The molecule has 1 heterocycles. The first-order valence-electron chi connectivity index (χ1n) is 7.36. The van der Waals surface area contributed by atoms with Crippen LogP contribution in [0, 0.1) is 0 Å². The molecule has 0 radical (unpaired) electrons. The topological polar surface area (TPSA) is 66.8 Å². The Kier molecular flexibility index (Phi) is 5.20. The molecule has 114 valence electrons. The molecule has 1 atom stereocenters. The number of rotatable bonds is 5. The monoisotopic (exact) mass is 291 g/mol. The lowest BCUT2D eigenvalue weighted by molar-refractivity contribution is -0.152. The van der Waals surface area contributed by atoms with Crippen molar-refractivity contribution in [3.8, 4) is 5.75 Å². The number of piperidine rings is 1. The molecule has 1 aliphatic heterocycles. The SMILES string of the molecule is CCc1ccccc1OCC(=O)N1CCCCC1C(=O)O. The van der Waals surface area contributed by atoms with Gasteiger partial charge in [-0.1, -0.05) is 25.1 Å². The Morgan fingerprint density at radius 3 is 2.81 bits per heavy atom. The van der Waals surface area contributed by atoms with Crippen LogP contribution < -0.4 is 4.74 Å². The van der Waals surface area contributed by atoms with Crippen LogP contribution >= 0.6 is 0 Å². The van der Waals surface area contributed by atoms with Crippen molar-refractivity contribution in [2.75, 3.05) is 13.2 Å². The van der Waals surface area contributed by atoms with Crippen molar-refractivity contribution in [3.63, 3.8) is 0 Å². The van der Waals surface area contributed by atoms with Crippen molar-refractivity contribution in [2.45, 2.75) is 38.6 Å². The second kappa shape index (κ2) is 7.11. The molecule has 1 amide bonds. The molecule has 5 nitrogen and oxygen atoms in total. The average Bonchev–Trinajstić information content (AvgIpc) is 2.52. The van der Waals surface area contributed by atoms with E-state index in [0.717, 1.165) is 24.8 Å². The molecule has 1 aromatic carbocycles. The van der Waals surface area contributed by atoms with E-state index in [-0.39, 0.29) is 12.5 Å². The number of likely N-dealkylation sites (tertiary alicyclic amines) is 1. The van der Waals surface area contributed by atoms with Gasteiger partial charge in [-0.05, 0) is 37.3 Å². The van der Waals surface area contributed by atoms with Gasteiger partial charge in [0.2, 0.25) is 0 Å². The van der Waals surface area contributed by atoms with E-state index in [4.69, 9.17) is 4.74 Å². The van der Waals surface area contributed by atoms with Crippen molar-refractivity contribution in [2.24, 2.45) is 0 Å².